The molecule has 2 aliphatic rings. The molecular formula is C23H44N2O2. The van der Waals surface area contributed by atoms with E-state index in [1.54, 1.807) is 0 Å². The average Bonchev–Trinajstić information content (AvgIpc) is 3.42. The zero-order valence-electron chi connectivity index (χ0n) is 18.1. The van der Waals surface area contributed by atoms with Crippen molar-refractivity contribution in [2.45, 2.75) is 109 Å². The Morgan fingerprint density at radius 1 is 0.778 bits per heavy atom. The molecule has 2 atom stereocenters. The Kier molecular flexibility index (Phi) is 11.4. The number of epoxide rings is 1. The highest BCUT2D eigenvalue weighted by Crippen LogP contribution is 2.31. The molecule has 0 aromatic rings. The minimum atomic E-state index is 0.368. The number of carbonyl (C=O) groups excluding carboxylic acids is 1. The van der Waals surface area contributed by atoms with Crippen molar-refractivity contribution in [3.63, 3.8) is 0 Å². The molecule has 2 saturated heterocycles. The van der Waals surface area contributed by atoms with Crippen LogP contribution >= 0.6 is 0 Å². The van der Waals surface area contributed by atoms with E-state index in [1.165, 1.54) is 77.0 Å². The number of likely N-dealkylation sites (N-methyl/N-ethyl adjacent to an activating group) is 1. The van der Waals surface area contributed by atoms with Gasteiger partial charge in [0.25, 0.3) is 0 Å². The van der Waals surface area contributed by atoms with Crippen LogP contribution in [-0.2, 0) is 9.53 Å². The zero-order chi connectivity index (χ0) is 19.3. The molecule has 2 rings (SSSR count). The van der Waals surface area contributed by atoms with Crippen molar-refractivity contribution in [1.82, 2.24) is 9.80 Å². The number of amides is 1. The first kappa shape index (κ1) is 22.7. The van der Waals surface area contributed by atoms with Crippen molar-refractivity contribution in [2.75, 3.05) is 33.2 Å². The maximum atomic E-state index is 12.2. The summed E-state index contributed by atoms with van der Waals surface area (Å²) in [5, 5.41) is 0. The second kappa shape index (κ2) is 13.5. The topological polar surface area (TPSA) is 36.1 Å². The second-order valence-corrected chi connectivity index (χ2v) is 8.76. The molecule has 2 fully saturated rings. The maximum absolute atomic E-state index is 12.2. The molecule has 0 saturated carbocycles. The Labute approximate surface area is 168 Å². The lowest BCUT2D eigenvalue weighted by Crippen LogP contribution is -2.47. The molecule has 0 aliphatic carbocycles. The molecule has 27 heavy (non-hydrogen) atoms. The molecule has 4 heteroatoms. The smallest absolute Gasteiger partial charge is 0.222 e. The summed E-state index contributed by atoms with van der Waals surface area (Å²) in [6.07, 6.45) is 18.8. The average molecular weight is 381 g/mol. The monoisotopic (exact) mass is 380 g/mol. The summed E-state index contributed by atoms with van der Waals surface area (Å²) in [6.45, 7) is 6.15. The molecule has 0 N–H and O–H groups in total. The normalized spacial score (nSPS) is 23.0. The van der Waals surface area contributed by atoms with Crippen molar-refractivity contribution in [3.8, 4) is 0 Å². The fourth-order valence-electron chi connectivity index (χ4n) is 4.18. The highest BCUT2D eigenvalue weighted by Gasteiger charge is 2.36. The van der Waals surface area contributed by atoms with Crippen LogP contribution in [0.4, 0.5) is 0 Å². The van der Waals surface area contributed by atoms with Crippen LogP contribution in [0.1, 0.15) is 96.8 Å². The van der Waals surface area contributed by atoms with Crippen LogP contribution in [0.2, 0.25) is 0 Å². The number of hydrogen-bond acceptors (Lipinski definition) is 3. The summed E-state index contributed by atoms with van der Waals surface area (Å²) in [5.41, 5.74) is 0. The number of unbranched alkanes of at least 4 members (excludes halogenated alkanes) is 9. The number of piperazine rings is 1. The third-order valence-electron chi connectivity index (χ3n) is 6.27. The third kappa shape index (κ3) is 9.94. The van der Waals surface area contributed by atoms with E-state index in [0.717, 1.165) is 39.0 Å². The van der Waals surface area contributed by atoms with Crippen molar-refractivity contribution in [2.24, 2.45) is 0 Å². The summed E-state index contributed by atoms with van der Waals surface area (Å²) in [7, 11) is 2.13. The molecule has 0 aromatic carbocycles. The predicted octanol–water partition coefficient (Wildman–Crippen LogP) is 5.01. The van der Waals surface area contributed by atoms with Crippen molar-refractivity contribution in [1.29, 1.82) is 0 Å². The van der Waals surface area contributed by atoms with Gasteiger partial charge >= 0.3 is 0 Å². The Hall–Kier alpha value is -0.610. The standard InChI is InChI=1S/C23H44N2O2/c1-3-4-5-6-8-11-14-21-22(27-21)15-12-9-7-10-13-16-23(26)25-19-17-24(2)18-20-25/h21-22H,3-20H2,1-2H3. The largest absolute Gasteiger partial charge is 0.370 e. The Morgan fingerprint density at radius 3 is 1.89 bits per heavy atom. The van der Waals surface area contributed by atoms with Gasteiger partial charge in [0.1, 0.15) is 0 Å². The Bertz CT molecular complexity index is 394. The molecule has 0 aromatic heterocycles. The van der Waals surface area contributed by atoms with Crippen molar-refractivity contribution >= 4 is 5.91 Å². The number of hydrogen-bond donors (Lipinski definition) is 0. The lowest BCUT2D eigenvalue weighted by molar-refractivity contribution is -0.132. The predicted molar refractivity (Wildman–Crippen MR) is 113 cm³/mol. The fraction of sp³-hybridized carbons (Fsp3) is 0.957. The van der Waals surface area contributed by atoms with E-state index in [-0.39, 0.29) is 0 Å². The SMILES string of the molecule is CCCCCCCCC1OC1CCCCCCCC(=O)N1CCN(C)CC1. The first-order chi connectivity index (χ1) is 13.2. The van der Waals surface area contributed by atoms with E-state index in [0.29, 0.717) is 18.1 Å². The molecule has 2 aliphatic heterocycles. The number of nitrogens with zero attached hydrogens (tertiary/aromatic N) is 2. The number of ether oxygens (including phenoxy) is 1. The molecule has 158 valence electrons. The van der Waals surface area contributed by atoms with Gasteiger partial charge in [0.05, 0.1) is 12.2 Å². The number of rotatable bonds is 15. The lowest BCUT2D eigenvalue weighted by atomic mass is 10.0. The molecule has 0 bridgehead atoms. The van der Waals surface area contributed by atoms with Gasteiger partial charge in [-0.05, 0) is 26.3 Å². The van der Waals surface area contributed by atoms with Gasteiger partial charge < -0.3 is 14.5 Å². The molecule has 2 heterocycles. The Balaban J connectivity index is 1.33. The van der Waals surface area contributed by atoms with E-state index >= 15 is 0 Å². The quantitative estimate of drug-likeness (QED) is 0.296. The van der Waals surface area contributed by atoms with Crippen LogP contribution in [0.25, 0.3) is 0 Å². The van der Waals surface area contributed by atoms with Gasteiger partial charge in [0.2, 0.25) is 5.91 Å². The van der Waals surface area contributed by atoms with Gasteiger partial charge in [-0.15, -0.1) is 0 Å². The van der Waals surface area contributed by atoms with Gasteiger partial charge in [-0.25, -0.2) is 0 Å². The summed E-state index contributed by atoms with van der Waals surface area (Å²) in [6, 6.07) is 0. The van der Waals surface area contributed by atoms with Crippen LogP contribution in [0.3, 0.4) is 0 Å². The van der Waals surface area contributed by atoms with E-state index in [2.05, 4.69) is 18.9 Å². The molecule has 0 spiro atoms. The molecular weight excluding hydrogens is 336 g/mol. The van der Waals surface area contributed by atoms with E-state index < -0.39 is 0 Å². The van der Waals surface area contributed by atoms with Gasteiger partial charge in [0.15, 0.2) is 0 Å². The molecule has 4 nitrogen and oxygen atoms in total. The van der Waals surface area contributed by atoms with Crippen LogP contribution in [0.15, 0.2) is 0 Å². The van der Waals surface area contributed by atoms with Gasteiger partial charge in [-0.2, -0.15) is 0 Å². The fourth-order valence-corrected chi connectivity index (χ4v) is 4.18. The molecule has 1 amide bonds. The zero-order valence-corrected chi connectivity index (χ0v) is 18.1. The molecule has 0 radical (unpaired) electrons. The summed E-state index contributed by atoms with van der Waals surface area (Å²) >= 11 is 0. The summed E-state index contributed by atoms with van der Waals surface area (Å²) in [5.74, 6) is 0.368. The van der Waals surface area contributed by atoms with Crippen LogP contribution in [0, 0.1) is 0 Å². The van der Waals surface area contributed by atoms with Crippen LogP contribution in [0.5, 0.6) is 0 Å². The number of carbonyl (C=O) groups is 1. The van der Waals surface area contributed by atoms with Gasteiger partial charge in [-0.1, -0.05) is 71.1 Å². The Morgan fingerprint density at radius 2 is 1.30 bits per heavy atom. The first-order valence-electron chi connectivity index (χ1n) is 11.8. The van der Waals surface area contributed by atoms with Crippen LogP contribution < -0.4 is 0 Å². The first-order valence-corrected chi connectivity index (χ1v) is 11.8. The minimum Gasteiger partial charge on any atom is -0.370 e. The second-order valence-electron chi connectivity index (χ2n) is 8.76. The lowest BCUT2D eigenvalue weighted by Gasteiger charge is -2.32. The summed E-state index contributed by atoms with van der Waals surface area (Å²) < 4.78 is 5.82. The summed E-state index contributed by atoms with van der Waals surface area (Å²) in [4.78, 5) is 16.5. The minimum absolute atomic E-state index is 0.368. The molecule has 2 unspecified atom stereocenters. The maximum Gasteiger partial charge on any atom is 0.222 e. The van der Waals surface area contributed by atoms with Crippen molar-refractivity contribution in [3.05, 3.63) is 0 Å². The van der Waals surface area contributed by atoms with E-state index in [1.807, 2.05) is 4.90 Å². The highest BCUT2D eigenvalue weighted by molar-refractivity contribution is 5.76. The highest BCUT2D eigenvalue weighted by atomic mass is 16.6. The van der Waals surface area contributed by atoms with Gasteiger partial charge in [0, 0.05) is 32.6 Å². The van der Waals surface area contributed by atoms with Gasteiger partial charge in [-0.3, -0.25) is 4.79 Å². The van der Waals surface area contributed by atoms with E-state index in [9.17, 15) is 4.79 Å². The third-order valence-corrected chi connectivity index (χ3v) is 6.27. The van der Waals surface area contributed by atoms with Crippen molar-refractivity contribution < 1.29 is 9.53 Å². The van der Waals surface area contributed by atoms with E-state index in [4.69, 9.17) is 4.74 Å². The van der Waals surface area contributed by atoms with Crippen LogP contribution in [-0.4, -0.2) is 61.1 Å².